The predicted molar refractivity (Wildman–Crippen MR) is 112 cm³/mol. The van der Waals surface area contributed by atoms with Gasteiger partial charge in [-0.05, 0) is 40.9 Å². The summed E-state index contributed by atoms with van der Waals surface area (Å²) in [4.78, 5) is 34.7. The van der Waals surface area contributed by atoms with Crippen LogP contribution >= 0.6 is 15.9 Å². The molecule has 0 radical (unpaired) electrons. The molecule has 0 N–H and O–H groups in total. The van der Waals surface area contributed by atoms with E-state index in [2.05, 4.69) is 43.8 Å². The standard InChI is InChI=1S/C20H19BrN6O2/c1-4-6-10-26-16-17(24-19(26)21)25(3)20(29)27(18(16)28)12-15-14(11-22)13(7-5-2)8-9-23-15/h8-9H,5,7,10,12H2,1-3H3. The van der Waals surface area contributed by atoms with E-state index < -0.39 is 11.2 Å². The molecule has 0 atom stereocenters. The Morgan fingerprint density at radius 2 is 2.03 bits per heavy atom. The molecule has 0 aliphatic heterocycles. The summed E-state index contributed by atoms with van der Waals surface area (Å²) in [5.74, 6) is 5.69. The molecule has 8 nitrogen and oxygen atoms in total. The summed E-state index contributed by atoms with van der Waals surface area (Å²) in [7, 11) is 1.56. The summed E-state index contributed by atoms with van der Waals surface area (Å²) in [5.41, 5.74) is 1.19. The molecule has 29 heavy (non-hydrogen) atoms. The average molecular weight is 455 g/mol. The first-order chi connectivity index (χ1) is 13.9. The highest BCUT2D eigenvalue weighted by molar-refractivity contribution is 9.10. The van der Waals surface area contributed by atoms with Gasteiger partial charge < -0.3 is 4.57 Å². The van der Waals surface area contributed by atoms with Crippen molar-refractivity contribution in [1.29, 1.82) is 5.26 Å². The first-order valence-corrected chi connectivity index (χ1v) is 9.85. The minimum absolute atomic E-state index is 0.0931. The molecule has 0 amide bonds. The summed E-state index contributed by atoms with van der Waals surface area (Å²) in [5, 5.41) is 9.62. The van der Waals surface area contributed by atoms with Gasteiger partial charge >= 0.3 is 5.69 Å². The molecule has 0 aliphatic rings. The van der Waals surface area contributed by atoms with Crippen molar-refractivity contribution < 1.29 is 0 Å². The first kappa shape index (κ1) is 20.6. The molecule has 0 fully saturated rings. The van der Waals surface area contributed by atoms with Crippen molar-refractivity contribution in [2.75, 3.05) is 0 Å². The van der Waals surface area contributed by atoms with Crippen LogP contribution in [0, 0.1) is 23.2 Å². The second-order valence-corrected chi connectivity index (χ2v) is 7.16. The summed E-state index contributed by atoms with van der Waals surface area (Å²) in [6, 6.07) is 3.97. The number of imidazole rings is 1. The maximum Gasteiger partial charge on any atom is 0.332 e. The normalized spacial score (nSPS) is 10.6. The van der Waals surface area contributed by atoms with Gasteiger partial charge in [-0.2, -0.15) is 5.26 Å². The van der Waals surface area contributed by atoms with Gasteiger partial charge in [0, 0.05) is 13.2 Å². The summed E-state index contributed by atoms with van der Waals surface area (Å²) in [6.45, 7) is 3.89. The van der Waals surface area contributed by atoms with Gasteiger partial charge in [-0.1, -0.05) is 19.3 Å². The molecule has 9 heteroatoms. The molecule has 0 aromatic carbocycles. The molecule has 0 spiro atoms. The lowest BCUT2D eigenvalue weighted by atomic mass is 10.0. The molecule has 0 bridgehead atoms. The Kier molecular flexibility index (Phi) is 6.00. The maximum atomic E-state index is 13.2. The van der Waals surface area contributed by atoms with Gasteiger partial charge in [-0.3, -0.25) is 18.9 Å². The van der Waals surface area contributed by atoms with Crippen molar-refractivity contribution in [2.24, 2.45) is 7.05 Å². The van der Waals surface area contributed by atoms with Crippen LogP contribution in [0.3, 0.4) is 0 Å². The molecule has 0 aliphatic carbocycles. The van der Waals surface area contributed by atoms with Gasteiger partial charge in [0.1, 0.15) is 6.07 Å². The lowest BCUT2D eigenvalue weighted by Crippen LogP contribution is -2.40. The first-order valence-electron chi connectivity index (χ1n) is 9.06. The third kappa shape index (κ3) is 3.62. The van der Waals surface area contributed by atoms with Gasteiger partial charge in [0.15, 0.2) is 15.9 Å². The average Bonchev–Trinajstić information content (AvgIpc) is 3.04. The minimum atomic E-state index is -0.521. The number of halogens is 1. The van der Waals surface area contributed by atoms with Crippen LogP contribution in [-0.4, -0.2) is 23.7 Å². The van der Waals surface area contributed by atoms with Crippen molar-refractivity contribution in [3.8, 4) is 17.9 Å². The molecular weight excluding hydrogens is 436 g/mol. The van der Waals surface area contributed by atoms with E-state index in [9.17, 15) is 14.9 Å². The lowest BCUT2D eigenvalue weighted by Gasteiger charge is -2.11. The molecule has 0 unspecified atom stereocenters. The van der Waals surface area contributed by atoms with Gasteiger partial charge in [0.2, 0.25) is 0 Å². The van der Waals surface area contributed by atoms with E-state index >= 15 is 0 Å². The van der Waals surface area contributed by atoms with Crippen molar-refractivity contribution in [3.05, 3.63) is 54.7 Å². The van der Waals surface area contributed by atoms with Crippen molar-refractivity contribution in [3.63, 3.8) is 0 Å². The Hall–Kier alpha value is -3.17. The van der Waals surface area contributed by atoms with Crippen molar-refractivity contribution in [2.45, 2.75) is 39.8 Å². The summed E-state index contributed by atoms with van der Waals surface area (Å²) >= 11 is 3.34. The third-order valence-corrected chi connectivity index (χ3v) is 5.26. The number of aryl methyl sites for hydroxylation is 2. The van der Waals surface area contributed by atoms with Crippen LogP contribution in [0.2, 0.25) is 0 Å². The van der Waals surface area contributed by atoms with Crippen LogP contribution in [0.4, 0.5) is 0 Å². The zero-order chi connectivity index (χ0) is 21.1. The topological polar surface area (TPSA) is 98.5 Å². The van der Waals surface area contributed by atoms with Crippen LogP contribution in [-0.2, 0) is 26.6 Å². The van der Waals surface area contributed by atoms with Crippen LogP contribution < -0.4 is 11.2 Å². The van der Waals surface area contributed by atoms with Crippen molar-refractivity contribution in [1.82, 2.24) is 23.7 Å². The third-order valence-electron chi connectivity index (χ3n) is 4.65. The largest absolute Gasteiger partial charge is 0.332 e. The highest BCUT2D eigenvalue weighted by Crippen LogP contribution is 2.17. The fourth-order valence-electron chi connectivity index (χ4n) is 3.22. The van der Waals surface area contributed by atoms with Gasteiger partial charge in [-0.25, -0.2) is 9.78 Å². The molecular formula is C20H19BrN6O2. The van der Waals surface area contributed by atoms with E-state index in [0.717, 1.165) is 23.0 Å². The van der Waals surface area contributed by atoms with E-state index in [-0.39, 0.29) is 24.3 Å². The van der Waals surface area contributed by atoms with Crippen LogP contribution in [0.1, 0.15) is 37.1 Å². The Bertz CT molecular complexity index is 1310. The SMILES string of the molecule is CC#CCn1c(Br)nc2c1c(=O)n(Cc1nccc(CCC)c1C#N)c(=O)n2C. The molecule has 3 heterocycles. The highest BCUT2D eigenvalue weighted by atomic mass is 79.9. The molecule has 0 saturated heterocycles. The highest BCUT2D eigenvalue weighted by Gasteiger charge is 2.20. The number of aromatic nitrogens is 5. The van der Waals surface area contributed by atoms with E-state index in [1.807, 2.05) is 6.92 Å². The Morgan fingerprint density at radius 3 is 2.69 bits per heavy atom. The van der Waals surface area contributed by atoms with E-state index in [1.54, 1.807) is 30.8 Å². The fourth-order valence-corrected chi connectivity index (χ4v) is 3.69. The van der Waals surface area contributed by atoms with Gasteiger partial charge in [0.25, 0.3) is 5.56 Å². The number of hydrogen-bond acceptors (Lipinski definition) is 5. The van der Waals surface area contributed by atoms with Crippen LogP contribution in [0.25, 0.3) is 11.2 Å². The monoisotopic (exact) mass is 454 g/mol. The zero-order valence-electron chi connectivity index (χ0n) is 16.4. The van der Waals surface area contributed by atoms with E-state index in [4.69, 9.17) is 0 Å². The second kappa shape index (κ2) is 8.46. The van der Waals surface area contributed by atoms with Crippen LogP contribution in [0.5, 0.6) is 0 Å². The van der Waals surface area contributed by atoms with E-state index in [1.165, 1.54) is 4.57 Å². The smallest absolute Gasteiger partial charge is 0.301 e. The molecule has 148 valence electrons. The Balaban J connectivity index is 2.25. The van der Waals surface area contributed by atoms with E-state index in [0.29, 0.717) is 16.0 Å². The Morgan fingerprint density at radius 1 is 1.28 bits per heavy atom. The molecule has 3 rings (SSSR count). The number of fused-ring (bicyclic) bond motifs is 1. The maximum absolute atomic E-state index is 13.2. The van der Waals surface area contributed by atoms with Gasteiger partial charge in [0.05, 0.1) is 24.3 Å². The molecule has 3 aromatic rings. The predicted octanol–water partition coefficient (Wildman–Crippen LogP) is 1.95. The number of hydrogen-bond donors (Lipinski definition) is 0. The summed E-state index contributed by atoms with van der Waals surface area (Å²) in [6.07, 6.45) is 3.20. The Labute approximate surface area is 175 Å². The fraction of sp³-hybridized carbons (Fsp3) is 0.350. The van der Waals surface area contributed by atoms with Crippen LogP contribution in [0.15, 0.2) is 26.6 Å². The van der Waals surface area contributed by atoms with Gasteiger partial charge in [-0.15, -0.1) is 5.92 Å². The molecule has 0 saturated carbocycles. The number of pyridine rings is 1. The number of rotatable bonds is 5. The quantitative estimate of drug-likeness (QED) is 0.433. The number of nitrogens with zero attached hydrogens (tertiary/aromatic N) is 6. The molecule has 3 aromatic heterocycles. The second-order valence-electron chi connectivity index (χ2n) is 6.45. The minimum Gasteiger partial charge on any atom is -0.301 e. The summed E-state index contributed by atoms with van der Waals surface area (Å²) < 4.78 is 4.45. The van der Waals surface area contributed by atoms with Crippen molar-refractivity contribution >= 4 is 27.1 Å². The number of nitriles is 1. The lowest BCUT2D eigenvalue weighted by molar-refractivity contribution is 0.642. The zero-order valence-corrected chi connectivity index (χ0v) is 17.9.